The smallest absolute Gasteiger partial charge is 0.115 e. The van der Waals surface area contributed by atoms with Crippen LogP contribution in [-0.2, 0) is 13.5 Å². The fourth-order valence-corrected chi connectivity index (χ4v) is 1.87. The predicted octanol–water partition coefficient (Wildman–Crippen LogP) is 1.68. The van der Waals surface area contributed by atoms with E-state index in [2.05, 4.69) is 5.10 Å². The summed E-state index contributed by atoms with van der Waals surface area (Å²) in [4.78, 5) is 0. The summed E-state index contributed by atoms with van der Waals surface area (Å²) < 4.78 is 1.81. The summed E-state index contributed by atoms with van der Waals surface area (Å²) >= 11 is 0. The van der Waals surface area contributed by atoms with Crippen molar-refractivity contribution in [3.8, 4) is 16.9 Å². The van der Waals surface area contributed by atoms with E-state index in [1.165, 1.54) is 0 Å². The van der Waals surface area contributed by atoms with E-state index in [0.717, 1.165) is 29.7 Å². The molecule has 4 heteroatoms. The molecule has 0 amide bonds. The molecule has 90 valence electrons. The molecule has 4 nitrogen and oxygen atoms in total. The lowest BCUT2D eigenvalue weighted by molar-refractivity contribution is 0.475. The minimum Gasteiger partial charge on any atom is -0.508 e. The van der Waals surface area contributed by atoms with Crippen molar-refractivity contribution >= 4 is 0 Å². The van der Waals surface area contributed by atoms with Gasteiger partial charge in [-0.05, 0) is 37.1 Å². The molecular weight excluding hydrogens is 214 g/mol. The van der Waals surface area contributed by atoms with Crippen molar-refractivity contribution in [2.75, 3.05) is 6.54 Å². The van der Waals surface area contributed by atoms with Crippen LogP contribution in [0.25, 0.3) is 11.1 Å². The number of phenols is 1. The lowest BCUT2D eigenvalue weighted by atomic mass is 10.0. The van der Waals surface area contributed by atoms with Crippen LogP contribution < -0.4 is 5.73 Å². The molecule has 0 aliphatic heterocycles. The van der Waals surface area contributed by atoms with Crippen LogP contribution in [0.3, 0.4) is 0 Å². The second kappa shape index (κ2) is 5.01. The van der Waals surface area contributed by atoms with Gasteiger partial charge in [-0.1, -0.05) is 12.1 Å². The lowest BCUT2D eigenvalue weighted by Crippen LogP contribution is -2.01. The SMILES string of the molecule is Cn1cc(-c2ccc(O)cc2)c(CCCN)n1. The van der Waals surface area contributed by atoms with Gasteiger partial charge in [-0.15, -0.1) is 0 Å². The van der Waals surface area contributed by atoms with Crippen LogP contribution in [0.5, 0.6) is 5.75 Å². The first kappa shape index (κ1) is 11.7. The Bertz CT molecular complexity index is 488. The zero-order valence-corrected chi connectivity index (χ0v) is 9.93. The molecule has 0 bridgehead atoms. The number of benzene rings is 1. The van der Waals surface area contributed by atoms with Crippen LogP contribution in [0.15, 0.2) is 30.5 Å². The maximum Gasteiger partial charge on any atom is 0.115 e. The molecule has 2 aromatic rings. The molecule has 17 heavy (non-hydrogen) atoms. The Labute approximate surface area is 101 Å². The van der Waals surface area contributed by atoms with Crippen molar-refractivity contribution in [3.63, 3.8) is 0 Å². The number of hydrogen-bond donors (Lipinski definition) is 2. The number of rotatable bonds is 4. The van der Waals surface area contributed by atoms with E-state index in [1.807, 2.05) is 30.1 Å². The van der Waals surface area contributed by atoms with E-state index < -0.39 is 0 Å². The first-order valence-corrected chi connectivity index (χ1v) is 5.72. The Balaban J connectivity index is 2.33. The number of aromatic nitrogens is 2. The lowest BCUT2D eigenvalue weighted by Gasteiger charge is -2.02. The molecule has 0 unspecified atom stereocenters. The van der Waals surface area contributed by atoms with Crippen molar-refractivity contribution in [1.82, 2.24) is 9.78 Å². The Morgan fingerprint density at radius 3 is 2.65 bits per heavy atom. The van der Waals surface area contributed by atoms with Gasteiger partial charge in [-0.25, -0.2) is 0 Å². The summed E-state index contributed by atoms with van der Waals surface area (Å²) in [6.45, 7) is 0.672. The third kappa shape index (κ3) is 2.65. The molecule has 0 spiro atoms. The van der Waals surface area contributed by atoms with Gasteiger partial charge in [0.25, 0.3) is 0 Å². The van der Waals surface area contributed by atoms with E-state index in [-0.39, 0.29) is 5.75 Å². The van der Waals surface area contributed by atoms with Gasteiger partial charge in [0.1, 0.15) is 5.75 Å². The molecule has 0 aliphatic carbocycles. The second-order valence-corrected chi connectivity index (χ2v) is 4.10. The molecule has 2 rings (SSSR count). The van der Waals surface area contributed by atoms with Crippen LogP contribution in [0.1, 0.15) is 12.1 Å². The molecule has 0 saturated heterocycles. The van der Waals surface area contributed by atoms with Gasteiger partial charge in [0.05, 0.1) is 5.69 Å². The third-order valence-corrected chi connectivity index (χ3v) is 2.70. The first-order chi connectivity index (χ1) is 8.20. The standard InChI is InChI=1S/C13H17N3O/c1-16-9-12(13(15-16)3-2-8-14)10-4-6-11(17)7-5-10/h4-7,9,17H,2-3,8,14H2,1H3. The highest BCUT2D eigenvalue weighted by Gasteiger charge is 2.09. The molecule has 1 heterocycles. The molecule has 0 atom stereocenters. The van der Waals surface area contributed by atoms with Gasteiger partial charge in [0.15, 0.2) is 0 Å². The quantitative estimate of drug-likeness (QED) is 0.841. The maximum absolute atomic E-state index is 9.28. The third-order valence-electron chi connectivity index (χ3n) is 2.70. The molecule has 3 N–H and O–H groups in total. The summed E-state index contributed by atoms with van der Waals surface area (Å²) in [6, 6.07) is 7.18. The molecule has 1 aromatic heterocycles. The highest BCUT2D eigenvalue weighted by atomic mass is 16.3. The number of nitrogens with two attached hydrogens (primary N) is 1. The fourth-order valence-electron chi connectivity index (χ4n) is 1.87. The summed E-state index contributed by atoms with van der Waals surface area (Å²) in [5.74, 6) is 0.279. The maximum atomic E-state index is 9.28. The van der Waals surface area contributed by atoms with E-state index in [1.54, 1.807) is 12.1 Å². The molecule has 1 aromatic carbocycles. The molecule has 0 fully saturated rings. The zero-order chi connectivity index (χ0) is 12.3. The monoisotopic (exact) mass is 231 g/mol. The Kier molecular flexibility index (Phi) is 3.44. The first-order valence-electron chi connectivity index (χ1n) is 5.72. The van der Waals surface area contributed by atoms with E-state index in [9.17, 15) is 5.11 Å². The molecular formula is C13H17N3O. The van der Waals surface area contributed by atoms with Gasteiger partial charge >= 0.3 is 0 Å². The summed E-state index contributed by atoms with van der Waals surface area (Å²) in [5.41, 5.74) is 8.77. The Hall–Kier alpha value is -1.81. The van der Waals surface area contributed by atoms with Crippen molar-refractivity contribution in [2.24, 2.45) is 12.8 Å². The van der Waals surface area contributed by atoms with Crippen molar-refractivity contribution in [1.29, 1.82) is 0 Å². The summed E-state index contributed by atoms with van der Waals surface area (Å²) in [5, 5.41) is 13.7. The van der Waals surface area contributed by atoms with Gasteiger partial charge in [0.2, 0.25) is 0 Å². The number of phenolic OH excluding ortho intramolecular Hbond substituents is 1. The number of aromatic hydroxyl groups is 1. The Morgan fingerprint density at radius 1 is 1.29 bits per heavy atom. The number of aryl methyl sites for hydroxylation is 2. The predicted molar refractivity (Wildman–Crippen MR) is 67.7 cm³/mol. The largest absolute Gasteiger partial charge is 0.508 e. The summed E-state index contributed by atoms with van der Waals surface area (Å²) in [6.07, 6.45) is 3.81. The number of nitrogens with zero attached hydrogens (tertiary/aromatic N) is 2. The summed E-state index contributed by atoms with van der Waals surface area (Å²) in [7, 11) is 1.91. The number of hydrogen-bond acceptors (Lipinski definition) is 3. The topological polar surface area (TPSA) is 64.1 Å². The van der Waals surface area contributed by atoms with E-state index in [0.29, 0.717) is 6.54 Å². The van der Waals surface area contributed by atoms with E-state index in [4.69, 9.17) is 5.73 Å². The molecule has 0 radical (unpaired) electrons. The molecule has 0 aliphatic rings. The average Bonchev–Trinajstić information content (AvgIpc) is 2.69. The highest BCUT2D eigenvalue weighted by molar-refractivity contribution is 5.66. The van der Waals surface area contributed by atoms with E-state index >= 15 is 0 Å². The minimum atomic E-state index is 0.279. The highest BCUT2D eigenvalue weighted by Crippen LogP contribution is 2.25. The van der Waals surface area contributed by atoms with Gasteiger partial charge in [0, 0.05) is 18.8 Å². The van der Waals surface area contributed by atoms with Crippen molar-refractivity contribution in [2.45, 2.75) is 12.8 Å². The van der Waals surface area contributed by atoms with Crippen LogP contribution in [0.2, 0.25) is 0 Å². The van der Waals surface area contributed by atoms with Crippen LogP contribution >= 0.6 is 0 Å². The fraction of sp³-hybridized carbons (Fsp3) is 0.308. The zero-order valence-electron chi connectivity index (χ0n) is 9.93. The molecule has 0 saturated carbocycles. The van der Waals surface area contributed by atoms with Gasteiger partial charge in [-0.2, -0.15) is 5.10 Å². The minimum absolute atomic E-state index is 0.279. The normalized spacial score (nSPS) is 10.7. The van der Waals surface area contributed by atoms with Crippen molar-refractivity contribution in [3.05, 3.63) is 36.2 Å². The van der Waals surface area contributed by atoms with Gasteiger partial charge < -0.3 is 10.8 Å². The van der Waals surface area contributed by atoms with Gasteiger partial charge in [-0.3, -0.25) is 4.68 Å². The Morgan fingerprint density at radius 2 is 2.00 bits per heavy atom. The van der Waals surface area contributed by atoms with Crippen molar-refractivity contribution < 1.29 is 5.11 Å². The second-order valence-electron chi connectivity index (χ2n) is 4.10. The van der Waals surface area contributed by atoms with Crippen LogP contribution in [0, 0.1) is 0 Å². The van der Waals surface area contributed by atoms with Crippen LogP contribution in [0.4, 0.5) is 0 Å². The average molecular weight is 231 g/mol. The van der Waals surface area contributed by atoms with Crippen LogP contribution in [-0.4, -0.2) is 21.4 Å².